The molecule has 3 heteroatoms. The van der Waals surface area contributed by atoms with Crippen molar-refractivity contribution in [2.24, 2.45) is 5.92 Å². The summed E-state index contributed by atoms with van der Waals surface area (Å²) in [4.78, 5) is 11.0. The molecule has 0 aliphatic heterocycles. The van der Waals surface area contributed by atoms with Crippen molar-refractivity contribution in [3.63, 3.8) is 0 Å². The highest BCUT2D eigenvalue weighted by molar-refractivity contribution is 5.73. The maximum Gasteiger partial charge on any atom is 0.314 e. The second-order valence-electron chi connectivity index (χ2n) is 3.69. The molecule has 70 valence electrons. The van der Waals surface area contributed by atoms with Gasteiger partial charge in [0.05, 0.1) is 0 Å². The van der Waals surface area contributed by atoms with Crippen LogP contribution in [0.3, 0.4) is 0 Å². The van der Waals surface area contributed by atoms with Crippen LogP contribution in [0.1, 0.15) is 32.6 Å². The fraction of sp³-hybridized carbons (Fsp3) is 0.889. The summed E-state index contributed by atoms with van der Waals surface area (Å²) in [6.45, 7) is 2.25. The van der Waals surface area contributed by atoms with Crippen molar-refractivity contribution in [1.82, 2.24) is 10.6 Å². The predicted molar refractivity (Wildman–Crippen MR) is 49.0 cm³/mol. The van der Waals surface area contributed by atoms with Gasteiger partial charge in [-0.15, -0.1) is 0 Å². The van der Waals surface area contributed by atoms with Crippen LogP contribution in [0.5, 0.6) is 0 Å². The predicted octanol–water partition coefficient (Wildman–Crippen LogP) is 1.49. The zero-order valence-corrected chi connectivity index (χ0v) is 7.89. The summed E-state index contributed by atoms with van der Waals surface area (Å²) in [5, 5.41) is 5.53. The lowest BCUT2D eigenvalue weighted by molar-refractivity contribution is 0.229. The van der Waals surface area contributed by atoms with Gasteiger partial charge >= 0.3 is 6.03 Å². The largest absolute Gasteiger partial charge is 0.341 e. The van der Waals surface area contributed by atoms with E-state index in [0.29, 0.717) is 6.04 Å². The number of amides is 2. The molecule has 3 nitrogen and oxygen atoms in total. The van der Waals surface area contributed by atoms with Crippen molar-refractivity contribution in [2.75, 3.05) is 7.05 Å². The lowest BCUT2D eigenvalue weighted by Gasteiger charge is -2.27. The number of hydrogen-bond donors (Lipinski definition) is 2. The number of hydrogen-bond acceptors (Lipinski definition) is 1. The van der Waals surface area contributed by atoms with Gasteiger partial charge in [0.25, 0.3) is 0 Å². The molecule has 0 heterocycles. The van der Waals surface area contributed by atoms with Crippen LogP contribution in [0, 0.1) is 5.92 Å². The lowest BCUT2D eigenvalue weighted by Crippen LogP contribution is -2.42. The topological polar surface area (TPSA) is 41.1 Å². The molecule has 0 radical (unpaired) electrons. The molecule has 1 unspecified atom stereocenters. The summed E-state index contributed by atoms with van der Waals surface area (Å²) in [6, 6.07) is 0.350. The van der Waals surface area contributed by atoms with Gasteiger partial charge in [-0.2, -0.15) is 0 Å². The first-order chi connectivity index (χ1) is 5.72. The molecule has 0 aromatic carbocycles. The number of nitrogens with one attached hydrogen (secondary N) is 2. The van der Waals surface area contributed by atoms with E-state index in [0.717, 1.165) is 18.8 Å². The van der Waals surface area contributed by atoms with Gasteiger partial charge in [-0.25, -0.2) is 4.79 Å². The molecule has 2 amide bonds. The van der Waals surface area contributed by atoms with E-state index in [9.17, 15) is 4.79 Å². The number of rotatable bonds is 1. The van der Waals surface area contributed by atoms with Crippen molar-refractivity contribution in [3.8, 4) is 0 Å². The van der Waals surface area contributed by atoms with Gasteiger partial charge in [-0.3, -0.25) is 0 Å². The van der Waals surface area contributed by atoms with Crippen LogP contribution in [0.2, 0.25) is 0 Å². The molecule has 0 aromatic rings. The minimum absolute atomic E-state index is 0.0471. The Bertz CT molecular complexity index is 159. The molecule has 0 bridgehead atoms. The monoisotopic (exact) mass is 170 g/mol. The SMILES string of the molecule is CNC(=O)N[C@@H]1CCCC(C)C1. The van der Waals surface area contributed by atoms with Crippen LogP contribution in [0.4, 0.5) is 4.79 Å². The summed E-state index contributed by atoms with van der Waals surface area (Å²) in [5.41, 5.74) is 0. The van der Waals surface area contributed by atoms with Crippen LogP contribution in [-0.4, -0.2) is 19.1 Å². The van der Waals surface area contributed by atoms with Crippen molar-refractivity contribution in [2.45, 2.75) is 38.6 Å². The molecule has 1 rings (SSSR count). The summed E-state index contributed by atoms with van der Waals surface area (Å²) in [5.74, 6) is 0.765. The highest BCUT2D eigenvalue weighted by Crippen LogP contribution is 2.23. The minimum Gasteiger partial charge on any atom is -0.341 e. The van der Waals surface area contributed by atoms with Crippen molar-refractivity contribution in [1.29, 1.82) is 0 Å². The molecule has 1 saturated carbocycles. The third-order valence-electron chi connectivity index (χ3n) is 2.50. The minimum atomic E-state index is -0.0471. The van der Waals surface area contributed by atoms with E-state index in [-0.39, 0.29) is 6.03 Å². The van der Waals surface area contributed by atoms with Crippen molar-refractivity contribution >= 4 is 6.03 Å². The van der Waals surface area contributed by atoms with Crippen LogP contribution in [0.25, 0.3) is 0 Å². The Kier molecular flexibility index (Phi) is 3.38. The summed E-state index contributed by atoms with van der Waals surface area (Å²) in [6.07, 6.45) is 4.83. The molecule has 1 aliphatic rings. The molecule has 1 aliphatic carbocycles. The molecule has 12 heavy (non-hydrogen) atoms. The third-order valence-corrected chi connectivity index (χ3v) is 2.50. The third kappa shape index (κ3) is 2.72. The smallest absolute Gasteiger partial charge is 0.314 e. The fourth-order valence-electron chi connectivity index (χ4n) is 1.82. The first-order valence-electron chi connectivity index (χ1n) is 4.70. The van der Waals surface area contributed by atoms with E-state index in [2.05, 4.69) is 17.6 Å². The van der Waals surface area contributed by atoms with Gasteiger partial charge in [0.2, 0.25) is 0 Å². The Morgan fingerprint density at radius 2 is 2.17 bits per heavy atom. The van der Waals surface area contributed by atoms with Gasteiger partial charge in [0.1, 0.15) is 0 Å². The Balaban J connectivity index is 2.27. The standard InChI is InChI=1S/C9H18N2O/c1-7-4-3-5-8(6-7)11-9(12)10-2/h7-8H,3-6H2,1-2H3,(H2,10,11,12)/t7?,8-/m1/s1. The molecule has 0 saturated heterocycles. The van der Waals surface area contributed by atoms with Gasteiger partial charge in [-0.1, -0.05) is 19.8 Å². The van der Waals surface area contributed by atoms with Crippen LogP contribution in [0.15, 0.2) is 0 Å². The van der Waals surface area contributed by atoms with Gasteiger partial charge in [-0.05, 0) is 18.8 Å². The molecule has 0 spiro atoms. The van der Waals surface area contributed by atoms with Gasteiger partial charge in [0.15, 0.2) is 0 Å². The highest BCUT2D eigenvalue weighted by Gasteiger charge is 2.19. The van der Waals surface area contributed by atoms with E-state index in [4.69, 9.17) is 0 Å². The molecular formula is C9H18N2O. The molecule has 2 atom stereocenters. The van der Waals surface area contributed by atoms with Crippen LogP contribution < -0.4 is 10.6 Å². The summed E-state index contributed by atoms with van der Waals surface area (Å²) >= 11 is 0. The number of carbonyl (C=O) groups excluding carboxylic acids is 1. The van der Waals surface area contributed by atoms with E-state index in [1.54, 1.807) is 7.05 Å². The normalized spacial score (nSPS) is 29.5. The molecule has 2 N–H and O–H groups in total. The Morgan fingerprint density at radius 1 is 1.42 bits per heavy atom. The Morgan fingerprint density at radius 3 is 2.75 bits per heavy atom. The second kappa shape index (κ2) is 4.33. The average molecular weight is 170 g/mol. The zero-order chi connectivity index (χ0) is 8.97. The number of carbonyl (C=O) groups is 1. The Labute approximate surface area is 73.9 Å². The molecular weight excluding hydrogens is 152 g/mol. The van der Waals surface area contributed by atoms with E-state index in [1.165, 1.54) is 12.8 Å². The van der Waals surface area contributed by atoms with Gasteiger partial charge in [0, 0.05) is 13.1 Å². The first-order valence-corrected chi connectivity index (χ1v) is 4.70. The molecule has 0 aromatic heterocycles. The summed E-state index contributed by atoms with van der Waals surface area (Å²) < 4.78 is 0. The quantitative estimate of drug-likeness (QED) is 0.615. The Hall–Kier alpha value is -0.730. The molecule has 1 fully saturated rings. The van der Waals surface area contributed by atoms with Gasteiger partial charge < -0.3 is 10.6 Å². The van der Waals surface area contributed by atoms with Crippen LogP contribution >= 0.6 is 0 Å². The maximum atomic E-state index is 11.0. The average Bonchev–Trinajstić information content (AvgIpc) is 2.04. The van der Waals surface area contributed by atoms with Crippen molar-refractivity contribution < 1.29 is 4.79 Å². The highest BCUT2D eigenvalue weighted by atomic mass is 16.2. The fourth-order valence-corrected chi connectivity index (χ4v) is 1.82. The summed E-state index contributed by atoms with van der Waals surface area (Å²) in [7, 11) is 1.65. The lowest BCUT2D eigenvalue weighted by atomic mass is 9.87. The van der Waals surface area contributed by atoms with E-state index in [1.807, 2.05) is 0 Å². The maximum absolute atomic E-state index is 11.0. The van der Waals surface area contributed by atoms with E-state index < -0.39 is 0 Å². The second-order valence-corrected chi connectivity index (χ2v) is 3.69. The van der Waals surface area contributed by atoms with E-state index >= 15 is 0 Å². The van der Waals surface area contributed by atoms with Crippen LogP contribution in [-0.2, 0) is 0 Å². The van der Waals surface area contributed by atoms with Crippen molar-refractivity contribution in [3.05, 3.63) is 0 Å². The first kappa shape index (κ1) is 9.36. The number of urea groups is 1. The zero-order valence-electron chi connectivity index (χ0n) is 7.89.